The highest BCUT2D eigenvalue weighted by atomic mass is 32.1. The van der Waals surface area contributed by atoms with Crippen molar-refractivity contribution in [2.24, 2.45) is 0 Å². The molecule has 0 bridgehead atoms. The maximum atomic E-state index is 12.2. The van der Waals surface area contributed by atoms with Crippen LogP contribution in [0.25, 0.3) is 11.1 Å². The molecule has 0 aliphatic heterocycles. The van der Waals surface area contributed by atoms with E-state index in [1.807, 2.05) is 52.5 Å². The van der Waals surface area contributed by atoms with Crippen molar-refractivity contribution in [2.45, 2.75) is 6.54 Å². The lowest BCUT2D eigenvalue weighted by atomic mass is 10.1. The predicted molar refractivity (Wildman–Crippen MR) is 98.3 cm³/mol. The average Bonchev–Trinajstić information content (AvgIpc) is 3.31. The van der Waals surface area contributed by atoms with E-state index >= 15 is 0 Å². The zero-order valence-corrected chi connectivity index (χ0v) is 14.5. The highest BCUT2D eigenvalue weighted by Gasteiger charge is 2.09. The fraction of sp³-hybridized carbons (Fsp3) is 0.111. The van der Waals surface area contributed by atoms with Crippen molar-refractivity contribution in [3.63, 3.8) is 0 Å². The Kier molecular flexibility index (Phi) is 5.40. The molecule has 1 aromatic carbocycles. The number of carbonyl (C=O) groups is 2. The molecule has 0 spiro atoms. The summed E-state index contributed by atoms with van der Waals surface area (Å²) in [6.45, 7) is 0.451. The minimum absolute atomic E-state index is 0.0348. The standard InChI is InChI=1S/C18H16N2O2S2/c21-17(19-10-16-5-2-7-24-16)11-20-18(22)14-4-1-3-13(9-14)15-6-8-23-12-15/h1-9,12H,10-11H2,(H,19,21)(H,20,22). The van der Waals surface area contributed by atoms with Crippen LogP contribution in [0.15, 0.2) is 58.6 Å². The third kappa shape index (κ3) is 4.31. The van der Waals surface area contributed by atoms with Crippen LogP contribution in [0.3, 0.4) is 0 Å². The van der Waals surface area contributed by atoms with Crippen molar-refractivity contribution in [3.8, 4) is 11.1 Å². The van der Waals surface area contributed by atoms with Gasteiger partial charge in [-0.15, -0.1) is 11.3 Å². The largest absolute Gasteiger partial charge is 0.350 e. The Morgan fingerprint density at radius 3 is 2.62 bits per heavy atom. The summed E-state index contributed by atoms with van der Waals surface area (Å²) in [4.78, 5) is 25.1. The van der Waals surface area contributed by atoms with Gasteiger partial charge in [-0.25, -0.2) is 0 Å². The van der Waals surface area contributed by atoms with Crippen LogP contribution in [0.1, 0.15) is 15.2 Å². The van der Waals surface area contributed by atoms with E-state index < -0.39 is 0 Å². The monoisotopic (exact) mass is 356 g/mol. The third-order valence-corrected chi connectivity index (χ3v) is 4.99. The summed E-state index contributed by atoms with van der Waals surface area (Å²) in [7, 11) is 0. The highest BCUT2D eigenvalue weighted by Crippen LogP contribution is 2.22. The molecule has 0 saturated carbocycles. The minimum atomic E-state index is -0.252. The first-order chi connectivity index (χ1) is 11.7. The molecule has 2 amide bonds. The van der Waals surface area contributed by atoms with Crippen LogP contribution >= 0.6 is 22.7 Å². The number of benzene rings is 1. The van der Waals surface area contributed by atoms with Crippen molar-refractivity contribution in [1.29, 1.82) is 0 Å². The third-order valence-electron chi connectivity index (χ3n) is 3.43. The zero-order valence-electron chi connectivity index (χ0n) is 12.8. The molecule has 0 aliphatic carbocycles. The van der Waals surface area contributed by atoms with Crippen molar-refractivity contribution < 1.29 is 9.59 Å². The van der Waals surface area contributed by atoms with E-state index in [2.05, 4.69) is 10.6 Å². The number of carbonyl (C=O) groups excluding carboxylic acids is 2. The van der Waals surface area contributed by atoms with Gasteiger partial charge < -0.3 is 10.6 Å². The van der Waals surface area contributed by atoms with Gasteiger partial charge in [0.05, 0.1) is 13.1 Å². The smallest absolute Gasteiger partial charge is 0.251 e. The Bertz CT molecular complexity index is 811. The van der Waals surface area contributed by atoms with Gasteiger partial charge in [0, 0.05) is 10.4 Å². The number of nitrogens with one attached hydrogen (secondary N) is 2. The molecule has 3 aromatic rings. The van der Waals surface area contributed by atoms with Crippen molar-refractivity contribution in [3.05, 3.63) is 69.0 Å². The lowest BCUT2D eigenvalue weighted by Gasteiger charge is -2.07. The Morgan fingerprint density at radius 1 is 0.958 bits per heavy atom. The highest BCUT2D eigenvalue weighted by molar-refractivity contribution is 7.09. The molecular formula is C18H16N2O2S2. The van der Waals surface area contributed by atoms with Gasteiger partial charge in [0.25, 0.3) is 5.91 Å². The van der Waals surface area contributed by atoms with Crippen LogP contribution in [0, 0.1) is 0 Å². The van der Waals surface area contributed by atoms with E-state index in [-0.39, 0.29) is 18.4 Å². The van der Waals surface area contributed by atoms with Gasteiger partial charge in [0.15, 0.2) is 0 Å². The number of amides is 2. The molecule has 24 heavy (non-hydrogen) atoms. The first-order valence-corrected chi connectivity index (χ1v) is 9.24. The van der Waals surface area contributed by atoms with Crippen LogP contribution in [0.5, 0.6) is 0 Å². The van der Waals surface area contributed by atoms with Gasteiger partial charge in [-0.05, 0) is 51.5 Å². The topological polar surface area (TPSA) is 58.2 Å². The fourth-order valence-corrected chi connectivity index (χ4v) is 3.50. The molecule has 4 nitrogen and oxygen atoms in total. The van der Waals surface area contributed by atoms with Gasteiger partial charge in [-0.1, -0.05) is 18.2 Å². The molecule has 0 unspecified atom stereocenters. The molecule has 0 saturated heterocycles. The van der Waals surface area contributed by atoms with E-state index in [9.17, 15) is 9.59 Å². The van der Waals surface area contributed by atoms with E-state index in [0.717, 1.165) is 16.0 Å². The number of rotatable bonds is 6. The van der Waals surface area contributed by atoms with Gasteiger partial charge in [0.2, 0.25) is 5.91 Å². The molecule has 6 heteroatoms. The van der Waals surface area contributed by atoms with Gasteiger partial charge in [0.1, 0.15) is 0 Å². The lowest BCUT2D eigenvalue weighted by molar-refractivity contribution is -0.120. The van der Waals surface area contributed by atoms with Crippen LogP contribution in [0.2, 0.25) is 0 Å². The number of thiophene rings is 2. The van der Waals surface area contributed by atoms with Crippen LogP contribution in [-0.4, -0.2) is 18.4 Å². The predicted octanol–water partition coefficient (Wildman–Crippen LogP) is 3.52. The molecule has 0 fully saturated rings. The molecule has 0 aliphatic rings. The second kappa shape index (κ2) is 7.90. The van der Waals surface area contributed by atoms with Crippen LogP contribution < -0.4 is 10.6 Å². The maximum Gasteiger partial charge on any atom is 0.251 e. The van der Waals surface area contributed by atoms with Gasteiger partial charge in [-0.3, -0.25) is 9.59 Å². The summed E-state index contributed by atoms with van der Waals surface area (Å²) in [5, 5.41) is 11.4. The quantitative estimate of drug-likeness (QED) is 0.710. The molecule has 0 atom stereocenters. The molecule has 3 rings (SSSR count). The normalized spacial score (nSPS) is 10.3. The Hall–Kier alpha value is -2.44. The van der Waals surface area contributed by atoms with Crippen molar-refractivity contribution in [1.82, 2.24) is 10.6 Å². The molecular weight excluding hydrogens is 340 g/mol. The Balaban J connectivity index is 1.53. The molecule has 2 aromatic heterocycles. The zero-order chi connectivity index (χ0) is 16.8. The molecule has 122 valence electrons. The second-order valence-corrected chi connectivity index (χ2v) is 6.94. The first kappa shape index (κ1) is 16.4. The van der Waals surface area contributed by atoms with E-state index in [1.54, 1.807) is 28.7 Å². The average molecular weight is 356 g/mol. The Labute approximate surface area is 148 Å². The SMILES string of the molecule is O=C(CNC(=O)c1cccc(-c2ccsc2)c1)NCc1cccs1. The summed E-state index contributed by atoms with van der Waals surface area (Å²) < 4.78 is 0. The first-order valence-electron chi connectivity index (χ1n) is 7.42. The van der Waals surface area contributed by atoms with Crippen molar-refractivity contribution >= 4 is 34.5 Å². The number of hydrogen-bond donors (Lipinski definition) is 2. The van der Waals surface area contributed by atoms with Crippen molar-refractivity contribution in [2.75, 3.05) is 6.54 Å². The number of hydrogen-bond acceptors (Lipinski definition) is 4. The molecule has 2 heterocycles. The fourth-order valence-electron chi connectivity index (χ4n) is 2.19. The summed E-state index contributed by atoms with van der Waals surface area (Å²) in [5.41, 5.74) is 2.62. The van der Waals surface area contributed by atoms with Gasteiger partial charge >= 0.3 is 0 Å². The molecule has 0 radical (unpaired) electrons. The van der Waals surface area contributed by atoms with E-state index in [1.165, 1.54) is 0 Å². The summed E-state index contributed by atoms with van der Waals surface area (Å²) in [5.74, 6) is -0.455. The summed E-state index contributed by atoms with van der Waals surface area (Å²) in [6, 6.07) is 13.3. The lowest BCUT2D eigenvalue weighted by Crippen LogP contribution is -2.36. The van der Waals surface area contributed by atoms with E-state index in [0.29, 0.717) is 12.1 Å². The van der Waals surface area contributed by atoms with Crippen LogP contribution in [-0.2, 0) is 11.3 Å². The molecule has 2 N–H and O–H groups in total. The van der Waals surface area contributed by atoms with Crippen LogP contribution in [0.4, 0.5) is 0 Å². The maximum absolute atomic E-state index is 12.2. The minimum Gasteiger partial charge on any atom is -0.350 e. The van der Waals surface area contributed by atoms with E-state index in [4.69, 9.17) is 0 Å². The summed E-state index contributed by atoms with van der Waals surface area (Å²) in [6.07, 6.45) is 0. The van der Waals surface area contributed by atoms with Gasteiger partial charge in [-0.2, -0.15) is 11.3 Å². The summed E-state index contributed by atoms with van der Waals surface area (Å²) >= 11 is 3.20. The Morgan fingerprint density at radius 2 is 1.88 bits per heavy atom. The second-order valence-electron chi connectivity index (χ2n) is 5.13.